The Morgan fingerprint density at radius 2 is 2.09 bits per heavy atom. The molecule has 0 amide bonds. The molecule has 0 atom stereocenters. The second kappa shape index (κ2) is 4.07. The lowest BCUT2D eigenvalue weighted by atomic mass is 10.3. The monoisotopic (exact) mass is 190 g/mol. The summed E-state index contributed by atoms with van der Waals surface area (Å²) in [6.45, 7) is 5.17. The topological polar surface area (TPSA) is 26.3 Å². The van der Waals surface area contributed by atoms with E-state index in [1.54, 1.807) is 28.5 Å². The number of carbonyl (C=O) groups is 1. The highest BCUT2D eigenvalue weighted by molar-refractivity contribution is 8.77. The van der Waals surface area contributed by atoms with Crippen LogP contribution in [0.25, 0.3) is 0 Å². The summed E-state index contributed by atoms with van der Waals surface area (Å²) in [7, 11) is 3.49. The normalized spacial score (nSPS) is 18.3. The lowest BCUT2D eigenvalue weighted by molar-refractivity contribution is -0.142. The zero-order valence-corrected chi connectivity index (χ0v) is 7.96. The predicted molar refractivity (Wildman–Crippen MR) is 49.6 cm³/mol. The molecule has 0 aromatic carbocycles. The second-order valence-corrected chi connectivity index (χ2v) is 4.93. The van der Waals surface area contributed by atoms with Crippen molar-refractivity contribution in [2.45, 2.75) is 13.0 Å². The lowest BCUT2D eigenvalue weighted by Gasteiger charge is -2.08. The molecule has 1 aliphatic heterocycles. The summed E-state index contributed by atoms with van der Waals surface area (Å²) in [5.41, 5.74) is 0.479. The number of carbonyl (C=O) groups excluding carboxylic acids is 1. The number of rotatable bonds is 2. The van der Waals surface area contributed by atoms with Gasteiger partial charge in [0, 0.05) is 17.1 Å². The summed E-state index contributed by atoms with van der Waals surface area (Å²) < 4.78 is 5.09. The van der Waals surface area contributed by atoms with E-state index in [0.717, 1.165) is 11.5 Å². The van der Waals surface area contributed by atoms with E-state index in [1.165, 1.54) is 0 Å². The van der Waals surface area contributed by atoms with Gasteiger partial charge in [0.05, 0.1) is 0 Å². The molecule has 1 saturated heterocycles. The van der Waals surface area contributed by atoms with E-state index in [-0.39, 0.29) is 12.1 Å². The molecule has 0 radical (unpaired) electrons. The predicted octanol–water partition coefficient (Wildman–Crippen LogP) is 1.87. The van der Waals surface area contributed by atoms with E-state index in [0.29, 0.717) is 5.57 Å². The molecule has 0 spiro atoms. The molecule has 0 bridgehead atoms. The molecule has 0 saturated carbocycles. The van der Waals surface area contributed by atoms with Gasteiger partial charge in [-0.3, -0.25) is 0 Å². The maximum absolute atomic E-state index is 11.0. The van der Waals surface area contributed by atoms with Gasteiger partial charge in [-0.05, 0) is 6.92 Å². The van der Waals surface area contributed by atoms with Crippen LogP contribution in [0.3, 0.4) is 0 Å². The number of hydrogen-bond acceptors (Lipinski definition) is 4. The SMILES string of the molecule is C=C(C)C(=O)OC1CSSC1. The van der Waals surface area contributed by atoms with Crippen molar-refractivity contribution in [3.05, 3.63) is 12.2 Å². The summed E-state index contributed by atoms with van der Waals surface area (Å²) in [6.07, 6.45) is 0.0919. The summed E-state index contributed by atoms with van der Waals surface area (Å²) in [5, 5.41) is 0. The molecule has 1 heterocycles. The van der Waals surface area contributed by atoms with E-state index in [4.69, 9.17) is 4.74 Å². The lowest BCUT2D eigenvalue weighted by Crippen LogP contribution is -2.19. The third-order valence-electron chi connectivity index (χ3n) is 1.21. The number of hydrogen-bond donors (Lipinski definition) is 0. The summed E-state index contributed by atoms with van der Waals surface area (Å²) in [6, 6.07) is 0. The van der Waals surface area contributed by atoms with Gasteiger partial charge in [-0.25, -0.2) is 4.79 Å². The van der Waals surface area contributed by atoms with Crippen LogP contribution in [-0.2, 0) is 9.53 Å². The fourth-order valence-electron chi connectivity index (χ4n) is 0.616. The largest absolute Gasteiger partial charge is 0.457 e. The Kier molecular flexibility index (Phi) is 3.33. The summed E-state index contributed by atoms with van der Waals surface area (Å²) >= 11 is 0. The Morgan fingerprint density at radius 1 is 1.55 bits per heavy atom. The van der Waals surface area contributed by atoms with Crippen molar-refractivity contribution >= 4 is 27.6 Å². The van der Waals surface area contributed by atoms with Gasteiger partial charge in [0.25, 0.3) is 0 Å². The minimum absolute atomic E-state index is 0.0919. The second-order valence-electron chi connectivity index (χ2n) is 2.38. The smallest absolute Gasteiger partial charge is 0.333 e. The standard InChI is InChI=1S/C7H10O2S2/c1-5(2)7(8)9-6-3-10-11-4-6/h6H,1,3-4H2,2H3. The molecule has 4 heteroatoms. The molecule has 1 rings (SSSR count). The fourth-order valence-corrected chi connectivity index (χ4v) is 3.12. The van der Waals surface area contributed by atoms with Gasteiger partial charge < -0.3 is 4.74 Å². The van der Waals surface area contributed by atoms with Gasteiger partial charge in [-0.2, -0.15) is 0 Å². The Balaban J connectivity index is 2.29. The first-order valence-corrected chi connectivity index (χ1v) is 5.80. The van der Waals surface area contributed by atoms with Crippen molar-refractivity contribution in [2.75, 3.05) is 11.5 Å². The zero-order valence-electron chi connectivity index (χ0n) is 6.33. The molecular weight excluding hydrogens is 180 g/mol. The molecule has 1 aliphatic rings. The van der Waals surface area contributed by atoms with Gasteiger partial charge >= 0.3 is 5.97 Å². The van der Waals surface area contributed by atoms with Crippen LogP contribution in [0.1, 0.15) is 6.92 Å². The van der Waals surface area contributed by atoms with Gasteiger partial charge in [0.2, 0.25) is 0 Å². The van der Waals surface area contributed by atoms with Crippen LogP contribution in [0.4, 0.5) is 0 Å². The van der Waals surface area contributed by atoms with Crippen LogP contribution in [0, 0.1) is 0 Å². The maximum atomic E-state index is 11.0. The third kappa shape index (κ3) is 2.79. The van der Waals surface area contributed by atoms with Gasteiger partial charge in [0.15, 0.2) is 0 Å². The summed E-state index contributed by atoms with van der Waals surface area (Å²) in [5.74, 6) is 1.55. The van der Waals surface area contributed by atoms with Crippen LogP contribution in [0.2, 0.25) is 0 Å². The van der Waals surface area contributed by atoms with Crippen molar-refractivity contribution in [1.82, 2.24) is 0 Å². The molecule has 0 aromatic rings. The minimum atomic E-state index is -0.266. The molecule has 62 valence electrons. The highest BCUT2D eigenvalue weighted by Crippen LogP contribution is 2.32. The zero-order chi connectivity index (χ0) is 8.27. The van der Waals surface area contributed by atoms with Gasteiger partial charge in [-0.15, -0.1) is 0 Å². The van der Waals surface area contributed by atoms with Gasteiger partial charge in [0.1, 0.15) is 6.10 Å². The van der Waals surface area contributed by atoms with Crippen LogP contribution in [0.5, 0.6) is 0 Å². The first kappa shape index (κ1) is 9.00. The van der Waals surface area contributed by atoms with E-state index in [2.05, 4.69) is 6.58 Å². The van der Waals surface area contributed by atoms with Crippen LogP contribution >= 0.6 is 21.6 Å². The molecule has 2 nitrogen and oxygen atoms in total. The van der Waals surface area contributed by atoms with E-state index >= 15 is 0 Å². The van der Waals surface area contributed by atoms with Crippen molar-refractivity contribution < 1.29 is 9.53 Å². The van der Waals surface area contributed by atoms with Crippen LogP contribution in [-0.4, -0.2) is 23.6 Å². The Hall–Kier alpha value is -0.0900. The molecule has 11 heavy (non-hydrogen) atoms. The summed E-state index contributed by atoms with van der Waals surface area (Å²) in [4.78, 5) is 11.0. The van der Waals surface area contributed by atoms with E-state index in [9.17, 15) is 4.79 Å². The van der Waals surface area contributed by atoms with Crippen molar-refractivity contribution in [3.63, 3.8) is 0 Å². The van der Waals surface area contributed by atoms with Crippen LogP contribution in [0.15, 0.2) is 12.2 Å². The highest BCUT2D eigenvalue weighted by atomic mass is 33.1. The minimum Gasteiger partial charge on any atom is -0.457 e. The third-order valence-corrected chi connectivity index (χ3v) is 3.71. The van der Waals surface area contributed by atoms with Crippen molar-refractivity contribution in [1.29, 1.82) is 0 Å². The highest BCUT2D eigenvalue weighted by Gasteiger charge is 2.20. The van der Waals surface area contributed by atoms with Crippen molar-refractivity contribution in [3.8, 4) is 0 Å². The molecule has 0 N–H and O–H groups in total. The maximum Gasteiger partial charge on any atom is 0.333 e. The average molecular weight is 190 g/mol. The van der Waals surface area contributed by atoms with Crippen LogP contribution < -0.4 is 0 Å². The molecule has 1 fully saturated rings. The first-order valence-electron chi connectivity index (χ1n) is 3.31. The molecular formula is C7H10O2S2. The molecule has 0 aliphatic carbocycles. The first-order chi connectivity index (χ1) is 5.20. The van der Waals surface area contributed by atoms with Gasteiger partial charge in [-0.1, -0.05) is 28.2 Å². The Labute approximate surface area is 74.2 Å². The van der Waals surface area contributed by atoms with Crippen molar-refractivity contribution in [2.24, 2.45) is 0 Å². The number of ether oxygens (including phenoxy) is 1. The van der Waals surface area contributed by atoms with E-state index < -0.39 is 0 Å². The molecule has 0 aromatic heterocycles. The average Bonchev–Trinajstić information content (AvgIpc) is 2.39. The van der Waals surface area contributed by atoms with E-state index in [1.807, 2.05) is 0 Å². The molecule has 0 unspecified atom stereocenters. The quantitative estimate of drug-likeness (QED) is 0.377. The Bertz CT molecular complexity index is 173. The Morgan fingerprint density at radius 3 is 2.55 bits per heavy atom. The fraction of sp³-hybridized carbons (Fsp3) is 0.571. The number of esters is 1.